The molecular weight excluding hydrogens is 246 g/mol. The number of rotatable bonds is 4. The maximum atomic E-state index is 9.79. The van der Waals surface area contributed by atoms with E-state index in [2.05, 4.69) is 24.4 Å². The Labute approximate surface area is 112 Å². The lowest BCUT2D eigenvalue weighted by Crippen LogP contribution is -1.99. The topological polar surface area (TPSA) is 32.3 Å². The molecule has 0 atom stereocenters. The van der Waals surface area contributed by atoms with Gasteiger partial charge in [-0.25, -0.2) is 0 Å². The third-order valence-electron chi connectivity index (χ3n) is 2.92. The van der Waals surface area contributed by atoms with E-state index in [1.54, 1.807) is 6.07 Å². The summed E-state index contributed by atoms with van der Waals surface area (Å²) in [5.41, 5.74) is 3.14. The van der Waals surface area contributed by atoms with Gasteiger partial charge in [-0.05, 0) is 30.2 Å². The van der Waals surface area contributed by atoms with Gasteiger partial charge in [0.15, 0.2) is 0 Å². The molecule has 0 heterocycles. The summed E-state index contributed by atoms with van der Waals surface area (Å²) in [4.78, 5) is 0. The lowest BCUT2D eigenvalue weighted by atomic mass is 10.1. The summed E-state index contributed by atoms with van der Waals surface area (Å²) in [7, 11) is 0. The van der Waals surface area contributed by atoms with Crippen LogP contribution in [0.25, 0.3) is 0 Å². The van der Waals surface area contributed by atoms with Crippen molar-refractivity contribution in [3.05, 3.63) is 58.6 Å². The third kappa shape index (κ3) is 2.96. The first-order valence-corrected chi connectivity index (χ1v) is 6.37. The third-order valence-corrected chi connectivity index (χ3v) is 3.22. The minimum Gasteiger partial charge on any atom is -0.506 e. The van der Waals surface area contributed by atoms with Crippen molar-refractivity contribution in [3.63, 3.8) is 0 Å². The molecule has 0 aliphatic heterocycles. The first-order chi connectivity index (χ1) is 8.70. The summed E-state index contributed by atoms with van der Waals surface area (Å²) < 4.78 is 0. The fourth-order valence-electron chi connectivity index (χ4n) is 1.76. The van der Waals surface area contributed by atoms with Gasteiger partial charge in [0.2, 0.25) is 0 Å². The number of aryl methyl sites for hydroxylation is 1. The Morgan fingerprint density at radius 3 is 2.50 bits per heavy atom. The van der Waals surface area contributed by atoms with E-state index in [-0.39, 0.29) is 5.75 Å². The smallest absolute Gasteiger partial charge is 0.139 e. The van der Waals surface area contributed by atoms with Gasteiger partial charge in [-0.2, -0.15) is 0 Å². The zero-order valence-corrected chi connectivity index (χ0v) is 11.0. The molecule has 2 nitrogen and oxygen atoms in total. The molecule has 0 aliphatic carbocycles. The Morgan fingerprint density at radius 2 is 1.83 bits per heavy atom. The summed E-state index contributed by atoms with van der Waals surface area (Å²) in [6, 6.07) is 13.6. The van der Waals surface area contributed by atoms with E-state index < -0.39 is 0 Å². The summed E-state index contributed by atoms with van der Waals surface area (Å²) in [6.45, 7) is 2.68. The van der Waals surface area contributed by atoms with Crippen molar-refractivity contribution in [2.45, 2.75) is 19.9 Å². The SMILES string of the molecule is CCc1ccc(NCc2cccc(Cl)c2O)cc1. The first kappa shape index (κ1) is 12.8. The van der Waals surface area contributed by atoms with Crippen LogP contribution in [0.2, 0.25) is 5.02 Å². The minimum atomic E-state index is 0.150. The zero-order valence-electron chi connectivity index (χ0n) is 10.3. The lowest BCUT2D eigenvalue weighted by Gasteiger charge is -2.09. The van der Waals surface area contributed by atoms with Crippen molar-refractivity contribution in [1.82, 2.24) is 0 Å². The molecule has 3 heteroatoms. The van der Waals surface area contributed by atoms with Crippen molar-refractivity contribution < 1.29 is 5.11 Å². The van der Waals surface area contributed by atoms with Crippen LogP contribution in [-0.4, -0.2) is 5.11 Å². The average molecular weight is 262 g/mol. The van der Waals surface area contributed by atoms with E-state index >= 15 is 0 Å². The molecule has 0 saturated heterocycles. The van der Waals surface area contributed by atoms with Gasteiger partial charge in [0.1, 0.15) is 5.75 Å². The summed E-state index contributed by atoms with van der Waals surface area (Å²) in [5, 5.41) is 13.4. The molecule has 0 bridgehead atoms. The molecule has 2 rings (SSSR count). The van der Waals surface area contributed by atoms with Crippen molar-refractivity contribution >= 4 is 17.3 Å². The Morgan fingerprint density at radius 1 is 1.11 bits per heavy atom. The van der Waals surface area contributed by atoms with Gasteiger partial charge < -0.3 is 10.4 Å². The molecule has 0 spiro atoms. The second-order valence-electron chi connectivity index (χ2n) is 4.15. The number of hydrogen-bond acceptors (Lipinski definition) is 2. The van der Waals surface area contributed by atoms with Gasteiger partial charge >= 0.3 is 0 Å². The van der Waals surface area contributed by atoms with Crippen LogP contribution in [0.15, 0.2) is 42.5 Å². The molecule has 94 valence electrons. The standard InChI is InChI=1S/C15H16ClNO/c1-2-11-6-8-13(9-7-11)17-10-12-4-3-5-14(16)15(12)18/h3-9,17-18H,2,10H2,1H3. The maximum absolute atomic E-state index is 9.79. The summed E-state index contributed by atoms with van der Waals surface area (Å²) in [5.74, 6) is 0.150. The van der Waals surface area contributed by atoms with Crippen LogP contribution >= 0.6 is 11.6 Å². The van der Waals surface area contributed by atoms with E-state index in [4.69, 9.17) is 11.6 Å². The summed E-state index contributed by atoms with van der Waals surface area (Å²) in [6.07, 6.45) is 1.04. The molecule has 0 aromatic heterocycles. The fourth-order valence-corrected chi connectivity index (χ4v) is 1.95. The van der Waals surface area contributed by atoms with Crippen molar-refractivity contribution in [2.24, 2.45) is 0 Å². The van der Waals surface area contributed by atoms with Crippen LogP contribution in [0.1, 0.15) is 18.1 Å². The number of hydrogen-bond donors (Lipinski definition) is 2. The van der Waals surface area contributed by atoms with Crippen molar-refractivity contribution in [3.8, 4) is 5.75 Å². The molecular formula is C15H16ClNO. The van der Waals surface area contributed by atoms with Gasteiger partial charge in [-0.3, -0.25) is 0 Å². The number of para-hydroxylation sites is 1. The molecule has 2 aromatic carbocycles. The highest BCUT2D eigenvalue weighted by Crippen LogP contribution is 2.27. The summed E-state index contributed by atoms with van der Waals surface area (Å²) >= 11 is 5.86. The molecule has 0 radical (unpaired) electrons. The predicted molar refractivity (Wildman–Crippen MR) is 76.3 cm³/mol. The Hall–Kier alpha value is -1.67. The Balaban J connectivity index is 2.04. The zero-order chi connectivity index (χ0) is 13.0. The van der Waals surface area contributed by atoms with Crippen molar-refractivity contribution in [1.29, 1.82) is 0 Å². The number of aromatic hydroxyl groups is 1. The second kappa shape index (κ2) is 5.78. The molecule has 2 aromatic rings. The highest BCUT2D eigenvalue weighted by molar-refractivity contribution is 6.32. The quantitative estimate of drug-likeness (QED) is 0.864. The molecule has 0 saturated carbocycles. The van der Waals surface area contributed by atoms with E-state index in [1.807, 2.05) is 24.3 Å². The van der Waals surface area contributed by atoms with E-state index in [9.17, 15) is 5.11 Å². The van der Waals surface area contributed by atoms with Crippen LogP contribution in [-0.2, 0) is 13.0 Å². The number of phenols is 1. The van der Waals surface area contributed by atoms with Crippen LogP contribution in [0.5, 0.6) is 5.75 Å². The van der Waals surface area contributed by atoms with Crippen LogP contribution in [0.4, 0.5) is 5.69 Å². The van der Waals surface area contributed by atoms with Gasteiger partial charge in [0, 0.05) is 17.8 Å². The van der Waals surface area contributed by atoms with Crippen LogP contribution in [0, 0.1) is 0 Å². The van der Waals surface area contributed by atoms with Gasteiger partial charge in [0.25, 0.3) is 0 Å². The fraction of sp³-hybridized carbons (Fsp3) is 0.200. The Kier molecular flexibility index (Phi) is 4.11. The van der Waals surface area contributed by atoms with Crippen LogP contribution < -0.4 is 5.32 Å². The van der Waals surface area contributed by atoms with Crippen molar-refractivity contribution in [2.75, 3.05) is 5.32 Å². The number of phenolic OH excluding ortho intramolecular Hbond substituents is 1. The molecule has 2 N–H and O–H groups in total. The number of benzene rings is 2. The first-order valence-electron chi connectivity index (χ1n) is 6.00. The molecule has 0 aliphatic rings. The van der Waals surface area contributed by atoms with E-state index in [1.165, 1.54) is 5.56 Å². The van der Waals surface area contributed by atoms with Gasteiger partial charge in [0.05, 0.1) is 5.02 Å². The average Bonchev–Trinajstić information content (AvgIpc) is 2.41. The number of nitrogens with one attached hydrogen (secondary N) is 1. The molecule has 18 heavy (non-hydrogen) atoms. The largest absolute Gasteiger partial charge is 0.506 e. The molecule has 0 amide bonds. The normalized spacial score (nSPS) is 10.3. The molecule has 0 fully saturated rings. The minimum absolute atomic E-state index is 0.150. The number of anilines is 1. The van der Waals surface area contributed by atoms with E-state index in [0.29, 0.717) is 11.6 Å². The second-order valence-corrected chi connectivity index (χ2v) is 4.56. The molecule has 0 unspecified atom stereocenters. The highest BCUT2D eigenvalue weighted by atomic mass is 35.5. The lowest BCUT2D eigenvalue weighted by molar-refractivity contribution is 0.469. The number of halogens is 1. The maximum Gasteiger partial charge on any atom is 0.139 e. The van der Waals surface area contributed by atoms with Crippen LogP contribution in [0.3, 0.4) is 0 Å². The van der Waals surface area contributed by atoms with Gasteiger partial charge in [-0.1, -0.05) is 42.8 Å². The van der Waals surface area contributed by atoms with Gasteiger partial charge in [-0.15, -0.1) is 0 Å². The monoisotopic (exact) mass is 261 g/mol. The van der Waals surface area contributed by atoms with E-state index in [0.717, 1.165) is 17.7 Å². The highest BCUT2D eigenvalue weighted by Gasteiger charge is 2.04. The Bertz CT molecular complexity index is 523. The predicted octanol–water partition coefficient (Wildman–Crippen LogP) is 4.22.